The molecule has 1 aromatic heterocycles. The second kappa shape index (κ2) is 5.78. The van der Waals surface area contributed by atoms with Crippen LogP contribution in [0.1, 0.15) is 43.6 Å². The minimum absolute atomic E-state index is 0.190. The van der Waals surface area contributed by atoms with Gasteiger partial charge >= 0.3 is 0 Å². The van der Waals surface area contributed by atoms with E-state index >= 15 is 0 Å². The Hall–Kier alpha value is -1.29. The maximum absolute atomic E-state index is 12.1. The lowest BCUT2D eigenvalue weighted by Crippen LogP contribution is -2.31. The molecule has 0 aliphatic heterocycles. The Kier molecular flexibility index (Phi) is 4.30. The van der Waals surface area contributed by atoms with Crippen molar-refractivity contribution in [1.82, 2.24) is 10.3 Å². The first kappa shape index (κ1) is 14.1. The standard InChI is InChI=1S/C14H20ClN3O/c1-3-14(7-8-14)9-17-13(19)12-10(15)5-6-11(18-12)16-4-2/h5-6H,3-4,7-9H2,1-2H3,(H,16,18)(H,17,19). The fourth-order valence-electron chi connectivity index (χ4n) is 2.06. The van der Waals surface area contributed by atoms with Crippen molar-refractivity contribution in [2.45, 2.75) is 33.1 Å². The molecule has 0 unspecified atom stereocenters. The summed E-state index contributed by atoms with van der Waals surface area (Å²) < 4.78 is 0. The van der Waals surface area contributed by atoms with E-state index in [1.807, 2.05) is 6.92 Å². The van der Waals surface area contributed by atoms with Crippen molar-refractivity contribution in [3.63, 3.8) is 0 Å². The van der Waals surface area contributed by atoms with Crippen molar-refractivity contribution in [1.29, 1.82) is 0 Å². The van der Waals surface area contributed by atoms with Crippen LogP contribution in [-0.2, 0) is 0 Å². The van der Waals surface area contributed by atoms with Crippen LogP contribution in [0.2, 0.25) is 5.02 Å². The zero-order chi connectivity index (χ0) is 13.9. The molecular weight excluding hydrogens is 262 g/mol. The third kappa shape index (κ3) is 3.38. The van der Waals surface area contributed by atoms with Crippen molar-refractivity contribution in [2.24, 2.45) is 5.41 Å². The van der Waals surface area contributed by atoms with Gasteiger partial charge in [0, 0.05) is 13.1 Å². The number of hydrogen-bond acceptors (Lipinski definition) is 3. The van der Waals surface area contributed by atoms with Crippen LogP contribution < -0.4 is 10.6 Å². The van der Waals surface area contributed by atoms with Gasteiger partial charge in [-0.2, -0.15) is 0 Å². The van der Waals surface area contributed by atoms with E-state index in [9.17, 15) is 4.79 Å². The average molecular weight is 282 g/mol. The number of aromatic nitrogens is 1. The lowest BCUT2D eigenvalue weighted by atomic mass is 10.0. The molecule has 1 aromatic rings. The molecule has 1 aliphatic rings. The molecule has 5 heteroatoms. The van der Waals surface area contributed by atoms with Gasteiger partial charge in [0.25, 0.3) is 5.91 Å². The zero-order valence-corrected chi connectivity index (χ0v) is 12.2. The molecule has 19 heavy (non-hydrogen) atoms. The highest BCUT2D eigenvalue weighted by molar-refractivity contribution is 6.33. The van der Waals surface area contributed by atoms with Crippen LogP contribution in [0, 0.1) is 5.41 Å². The second-order valence-electron chi connectivity index (χ2n) is 5.09. The van der Waals surface area contributed by atoms with Crippen LogP contribution in [-0.4, -0.2) is 24.0 Å². The first-order valence-corrected chi connectivity index (χ1v) is 7.16. The quantitative estimate of drug-likeness (QED) is 0.842. The highest BCUT2D eigenvalue weighted by Gasteiger charge is 2.40. The number of carbonyl (C=O) groups is 1. The first-order valence-electron chi connectivity index (χ1n) is 6.79. The molecule has 1 amide bonds. The summed E-state index contributed by atoms with van der Waals surface area (Å²) in [6, 6.07) is 3.48. The van der Waals surface area contributed by atoms with Gasteiger partial charge in [0.15, 0.2) is 0 Å². The average Bonchev–Trinajstić information content (AvgIpc) is 3.19. The number of amides is 1. The summed E-state index contributed by atoms with van der Waals surface area (Å²) >= 11 is 6.04. The first-order chi connectivity index (χ1) is 9.10. The normalized spacial score (nSPS) is 15.9. The van der Waals surface area contributed by atoms with E-state index in [4.69, 9.17) is 11.6 Å². The molecule has 0 bridgehead atoms. The van der Waals surface area contributed by atoms with Crippen molar-refractivity contribution < 1.29 is 4.79 Å². The molecule has 1 aliphatic carbocycles. The third-order valence-corrected chi connectivity index (χ3v) is 4.06. The number of anilines is 1. The predicted octanol–water partition coefficient (Wildman–Crippen LogP) is 3.09. The van der Waals surface area contributed by atoms with Crippen LogP contribution in [0.4, 0.5) is 5.82 Å². The topological polar surface area (TPSA) is 54.0 Å². The summed E-state index contributed by atoms with van der Waals surface area (Å²) in [5, 5.41) is 6.41. The zero-order valence-electron chi connectivity index (χ0n) is 11.4. The van der Waals surface area contributed by atoms with Gasteiger partial charge in [-0.05, 0) is 43.7 Å². The van der Waals surface area contributed by atoms with E-state index in [-0.39, 0.29) is 5.91 Å². The highest BCUT2D eigenvalue weighted by Crippen LogP contribution is 2.47. The van der Waals surface area contributed by atoms with Crippen LogP contribution in [0.15, 0.2) is 12.1 Å². The second-order valence-corrected chi connectivity index (χ2v) is 5.50. The minimum atomic E-state index is -0.190. The largest absolute Gasteiger partial charge is 0.370 e. The van der Waals surface area contributed by atoms with Gasteiger partial charge in [0.2, 0.25) is 0 Å². The number of rotatable bonds is 6. The monoisotopic (exact) mass is 281 g/mol. The number of pyridine rings is 1. The van der Waals surface area contributed by atoms with Gasteiger partial charge in [-0.25, -0.2) is 4.98 Å². The maximum atomic E-state index is 12.1. The lowest BCUT2D eigenvalue weighted by Gasteiger charge is -2.14. The fourth-order valence-corrected chi connectivity index (χ4v) is 2.26. The van der Waals surface area contributed by atoms with E-state index in [0.717, 1.165) is 13.0 Å². The number of nitrogens with zero attached hydrogens (tertiary/aromatic N) is 1. The van der Waals surface area contributed by atoms with E-state index in [1.54, 1.807) is 12.1 Å². The Morgan fingerprint density at radius 1 is 1.42 bits per heavy atom. The molecule has 1 saturated carbocycles. The Labute approximate surface area is 118 Å². The Balaban J connectivity index is 2.03. The lowest BCUT2D eigenvalue weighted by molar-refractivity contribution is 0.0939. The summed E-state index contributed by atoms with van der Waals surface area (Å²) in [6.45, 7) is 5.62. The molecule has 0 atom stereocenters. The van der Waals surface area contributed by atoms with Gasteiger partial charge in [-0.3, -0.25) is 4.79 Å². The van der Waals surface area contributed by atoms with Crippen molar-refractivity contribution in [3.05, 3.63) is 22.8 Å². The van der Waals surface area contributed by atoms with E-state index in [2.05, 4.69) is 22.5 Å². The van der Waals surface area contributed by atoms with E-state index in [1.165, 1.54) is 12.8 Å². The molecule has 0 aromatic carbocycles. The Bertz CT molecular complexity index is 472. The Morgan fingerprint density at radius 2 is 2.16 bits per heavy atom. The fraction of sp³-hybridized carbons (Fsp3) is 0.571. The van der Waals surface area contributed by atoms with Gasteiger partial charge < -0.3 is 10.6 Å². The smallest absolute Gasteiger partial charge is 0.271 e. The molecule has 1 heterocycles. The molecule has 0 spiro atoms. The predicted molar refractivity (Wildman–Crippen MR) is 77.7 cm³/mol. The highest BCUT2D eigenvalue weighted by atomic mass is 35.5. The number of hydrogen-bond donors (Lipinski definition) is 2. The maximum Gasteiger partial charge on any atom is 0.271 e. The van der Waals surface area contributed by atoms with Gasteiger partial charge in [0.05, 0.1) is 5.02 Å². The SMILES string of the molecule is CCNc1ccc(Cl)c(C(=O)NCC2(CC)CC2)n1. The number of halogens is 1. The number of carbonyl (C=O) groups excluding carboxylic acids is 1. The van der Waals surface area contributed by atoms with Crippen LogP contribution >= 0.6 is 11.6 Å². The van der Waals surface area contributed by atoms with Crippen molar-refractivity contribution in [2.75, 3.05) is 18.4 Å². The van der Waals surface area contributed by atoms with Gasteiger partial charge in [-0.1, -0.05) is 18.5 Å². The van der Waals surface area contributed by atoms with Crippen molar-refractivity contribution >= 4 is 23.3 Å². The molecule has 104 valence electrons. The molecule has 1 fully saturated rings. The molecule has 0 saturated heterocycles. The van der Waals surface area contributed by atoms with Crippen LogP contribution in [0.5, 0.6) is 0 Å². The van der Waals surface area contributed by atoms with E-state index < -0.39 is 0 Å². The van der Waals surface area contributed by atoms with E-state index in [0.29, 0.717) is 28.5 Å². The Morgan fingerprint density at radius 3 is 2.74 bits per heavy atom. The molecular formula is C14H20ClN3O. The summed E-state index contributed by atoms with van der Waals surface area (Å²) in [5.41, 5.74) is 0.619. The van der Waals surface area contributed by atoms with Crippen molar-refractivity contribution in [3.8, 4) is 0 Å². The van der Waals surface area contributed by atoms with Gasteiger partial charge in [0.1, 0.15) is 11.5 Å². The van der Waals surface area contributed by atoms with Crippen LogP contribution in [0.3, 0.4) is 0 Å². The molecule has 2 rings (SSSR count). The van der Waals surface area contributed by atoms with Gasteiger partial charge in [-0.15, -0.1) is 0 Å². The molecule has 2 N–H and O–H groups in total. The summed E-state index contributed by atoms with van der Waals surface area (Å²) in [4.78, 5) is 16.4. The molecule has 4 nitrogen and oxygen atoms in total. The molecule has 0 radical (unpaired) electrons. The summed E-state index contributed by atoms with van der Waals surface area (Å²) in [7, 11) is 0. The third-order valence-electron chi connectivity index (χ3n) is 3.75. The summed E-state index contributed by atoms with van der Waals surface area (Å²) in [5.74, 6) is 0.484. The minimum Gasteiger partial charge on any atom is -0.370 e. The summed E-state index contributed by atoms with van der Waals surface area (Å²) in [6.07, 6.45) is 3.50. The number of nitrogens with one attached hydrogen (secondary N) is 2. The van der Waals surface area contributed by atoms with Crippen LogP contribution in [0.25, 0.3) is 0 Å².